The number of nitrogens with one attached hydrogen (secondary N) is 1. The van der Waals surface area contributed by atoms with Gasteiger partial charge in [-0.25, -0.2) is 12.8 Å². The number of sulfonamides is 1. The van der Waals surface area contributed by atoms with Crippen molar-refractivity contribution in [1.29, 1.82) is 0 Å². The van der Waals surface area contributed by atoms with Crippen LogP contribution in [0.1, 0.15) is 25.7 Å². The third-order valence-electron chi connectivity index (χ3n) is 4.89. The molecule has 1 aromatic rings. The van der Waals surface area contributed by atoms with Crippen molar-refractivity contribution in [3.63, 3.8) is 0 Å². The monoisotopic (exact) mass is 340 g/mol. The summed E-state index contributed by atoms with van der Waals surface area (Å²) < 4.78 is 38.7. The zero-order valence-corrected chi connectivity index (χ0v) is 13.9. The first-order chi connectivity index (χ1) is 10.8. The van der Waals surface area contributed by atoms with E-state index >= 15 is 0 Å². The number of benzene rings is 1. The molecule has 0 spiro atoms. The molecule has 0 aliphatic heterocycles. The lowest BCUT2D eigenvalue weighted by Gasteiger charge is -2.26. The normalized spacial score (nSPS) is 26.3. The molecule has 1 amide bonds. The van der Waals surface area contributed by atoms with Gasteiger partial charge in [0, 0.05) is 6.04 Å². The Kier molecular flexibility index (Phi) is 4.31. The van der Waals surface area contributed by atoms with E-state index in [1.807, 2.05) is 0 Å². The van der Waals surface area contributed by atoms with Crippen LogP contribution in [-0.4, -0.2) is 33.2 Å². The first kappa shape index (κ1) is 16.2. The number of carbonyl (C=O) groups is 1. The molecule has 2 aliphatic carbocycles. The van der Waals surface area contributed by atoms with E-state index in [1.165, 1.54) is 24.6 Å². The number of carbonyl (C=O) groups excluding carboxylic acids is 1. The van der Waals surface area contributed by atoms with Gasteiger partial charge in [0.15, 0.2) is 0 Å². The predicted molar refractivity (Wildman–Crippen MR) is 86.0 cm³/mol. The minimum Gasteiger partial charge on any atom is -0.352 e. The maximum absolute atomic E-state index is 13.9. The molecule has 0 unspecified atom stereocenters. The van der Waals surface area contributed by atoms with Crippen LogP contribution in [0.15, 0.2) is 24.3 Å². The van der Waals surface area contributed by atoms with Crippen LogP contribution in [0.3, 0.4) is 0 Å². The molecule has 7 heteroatoms. The van der Waals surface area contributed by atoms with Crippen molar-refractivity contribution in [2.45, 2.75) is 31.7 Å². The van der Waals surface area contributed by atoms with E-state index in [9.17, 15) is 17.6 Å². The van der Waals surface area contributed by atoms with E-state index in [0.29, 0.717) is 11.8 Å². The molecule has 3 atom stereocenters. The van der Waals surface area contributed by atoms with Crippen LogP contribution in [0.25, 0.3) is 0 Å². The Hall–Kier alpha value is -1.63. The lowest BCUT2D eigenvalue weighted by molar-refractivity contribution is -0.120. The van der Waals surface area contributed by atoms with Gasteiger partial charge in [0.2, 0.25) is 15.9 Å². The van der Waals surface area contributed by atoms with Gasteiger partial charge in [0.05, 0.1) is 11.9 Å². The minimum atomic E-state index is -3.75. The highest BCUT2D eigenvalue weighted by molar-refractivity contribution is 7.92. The maximum atomic E-state index is 13.9. The van der Waals surface area contributed by atoms with Crippen LogP contribution in [0.2, 0.25) is 0 Å². The lowest BCUT2D eigenvalue weighted by atomic mass is 9.95. The largest absolute Gasteiger partial charge is 0.352 e. The number of hydrogen-bond acceptors (Lipinski definition) is 3. The summed E-state index contributed by atoms with van der Waals surface area (Å²) in [5.74, 6) is 0.147. The van der Waals surface area contributed by atoms with E-state index in [1.54, 1.807) is 6.07 Å². The summed E-state index contributed by atoms with van der Waals surface area (Å²) in [6.45, 7) is -0.395. The van der Waals surface area contributed by atoms with E-state index in [4.69, 9.17) is 0 Å². The van der Waals surface area contributed by atoms with Crippen molar-refractivity contribution < 1.29 is 17.6 Å². The van der Waals surface area contributed by atoms with Crippen molar-refractivity contribution in [1.82, 2.24) is 5.32 Å². The molecule has 23 heavy (non-hydrogen) atoms. The Morgan fingerprint density at radius 3 is 2.61 bits per heavy atom. The molecule has 0 aromatic heterocycles. The fraction of sp³-hybridized carbons (Fsp3) is 0.562. The second-order valence-electron chi connectivity index (χ2n) is 6.57. The van der Waals surface area contributed by atoms with E-state index in [2.05, 4.69) is 5.32 Å². The number of anilines is 1. The average molecular weight is 340 g/mol. The molecule has 0 heterocycles. The van der Waals surface area contributed by atoms with E-state index in [-0.39, 0.29) is 17.6 Å². The van der Waals surface area contributed by atoms with Gasteiger partial charge in [-0.3, -0.25) is 9.10 Å². The summed E-state index contributed by atoms with van der Waals surface area (Å²) in [5, 5.41) is 2.93. The minimum absolute atomic E-state index is 0.0990. The van der Waals surface area contributed by atoms with E-state index in [0.717, 1.165) is 29.8 Å². The molecule has 1 N–H and O–H groups in total. The Labute approximate surface area is 135 Å². The Bertz CT molecular complexity index is 707. The summed E-state index contributed by atoms with van der Waals surface area (Å²) in [4.78, 5) is 12.3. The Morgan fingerprint density at radius 1 is 1.30 bits per heavy atom. The van der Waals surface area contributed by atoms with Crippen LogP contribution in [0.4, 0.5) is 10.1 Å². The number of hydrogen-bond donors (Lipinski definition) is 1. The SMILES string of the molecule is CS(=O)(=O)N(CC(=O)N[C@@H]1C[C@H]2CC[C@H]1C2)c1ccccc1F. The van der Waals surface area contributed by atoms with Crippen LogP contribution < -0.4 is 9.62 Å². The fourth-order valence-corrected chi connectivity index (χ4v) is 4.70. The molecule has 0 saturated heterocycles. The molecule has 126 valence electrons. The van der Waals surface area contributed by atoms with Gasteiger partial charge in [-0.2, -0.15) is 0 Å². The van der Waals surface area contributed by atoms with Crippen LogP contribution in [-0.2, 0) is 14.8 Å². The third kappa shape index (κ3) is 3.49. The van der Waals surface area contributed by atoms with Crippen LogP contribution in [0, 0.1) is 17.7 Å². The van der Waals surface area contributed by atoms with Crippen molar-refractivity contribution in [2.75, 3.05) is 17.1 Å². The molecule has 2 bridgehead atoms. The second-order valence-corrected chi connectivity index (χ2v) is 8.48. The van der Waals surface area contributed by atoms with Crippen molar-refractivity contribution in [2.24, 2.45) is 11.8 Å². The Balaban J connectivity index is 1.72. The quantitative estimate of drug-likeness (QED) is 0.890. The molecule has 3 rings (SSSR count). The zero-order chi connectivity index (χ0) is 16.6. The Morgan fingerprint density at radius 2 is 2.04 bits per heavy atom. The number of rotatable bonds is 5. The van der Waals surface area contributed by atoms with Crippen molar-refractivity contribution >= 4 is 21.6 Å². The summed E-state index contributed by atoms with van der Waals surface area (Å²) in [5.41, 5.74) is -0.0990. The summed E-state index contributed by atoms with van der Waals surface area (Å²) >= 11 is 0. The lowest BCUT2D eigenvalue weighted by Crippen LogP contribution is -2.45. The highest BCUT2D eigenvalue weighted by Gasteiger charge is 2.40. The summed E-state index contributed by atoms with van der Waals surface area (Å²) in [7, 11) is -3.75. The van der Waals surface area contributed by atoms with Crippen molar-refractivity contribution in [3.05, 3.63) is 30.1 Å². The highest BCUT2D eigenvalue weighted by Crippen LogP contribution is 2.44. The summed E-state index contributed by atoms with van der Waals surface area (Å²) in [6.07, 6.45) is 5.44. The number of fused-ring (bicyclic) bond motifs is 2. The molecular formula is C16H21FN2O3S. The highest BCUT2D eigenvalue weighted by atomic mass is 32.2. The number of nitrogens with zero attached hydrogens (tertiary/aromatic N) is 1. The number of amides is 1. The summed E-state index contributed by atoms with van der Waals surface area (Å²) in [6, 6.07) is 5.70. The van der Waals surface area contributed by atoms with Gasteiger partial charge < -0.3 is 5.32 Å². The predicted octanol–water partition coefficient (Wildman–Crippen LogP) is 1.90. The third-order valence-corrected chi connectivity index (χ3v) is 6.02. The molecular weight excluding hydrogens is 319 g/mol. The molecule has 1 aromatic carbocycles. The number of para-hydroxylation sites is 1. The van der Waals surface area contributed by atoms with Gasteiger partial charge in [0.25, 0.3) is 0 Å². The van der Waals surface area contributed by atoms with Gasteiger partial charge in [-0.05, 0) is 43.2 Å². The maximum Gasteiger partial charge on any atom is 0.241 e. The molecule has 0 radical (unpaired) electrons. The standard InChI is InChI=1S/C16H21FN2O3S/c1-23(21,22)19(15-5-3-2-4-13(15)17)10-16(20)18-14-9-11-6-7-12(14)8-11/h2-5,11-12,14H,6-10H2,1H3,(H,18,20)/t11-,12-,14+/m0/s1. The fourth-order valence-electron chi connectivity index (χ4n) is 3.84. The smallest absolute Gasteiger partial charge is 0.241 e. The topological polar surface area (TPSA) is 66.5 Å². The van der Waals surface area contributed by atoms with Crippen molar-refractivity contribution in [3.8, 4) is 0 Å². The average Bonchev–Trinajstić information content (AvgIpc) is 3.07. The van der Waals surface area contributed by atoms with Gasteiger partial charge in [-0.15, -0.1) is 0 Å². The van der Waals surface area contributed by atoms with Crippen LogP contribution >= 0.6 is 0 Å². The molecule has 2 saturated carbocycles. The van der Waals surface area contributed by atoms with Gasteiger partial charge in [0.1, 0.15) is 12.4 Å². The van der Waals surface area contributed by atoms with Gasteiger partial charge >= 0.3 is 0 Å². The van der Waals surface area contributed by atoms with Crippen LogP contribution in [0.5, 0.6) is 0 Å². The second kappa shape index (κ2) is 6.11. The first-order valence-electron chi connectivity index (χ1n) is 7.86. The number of halogens is 1. The van der Waals surface area contributed by atoms with Gasteiger partial charge in [-0.1, -0.05) is 18.6 Å². The molecule has 2 fully saturated rings. The molecule has 2 aliphatic rings. The van der Waals surface area contributed by atoms with E-state index < -0.39 is 22.4 Å². The first-order valence-corrected chi connectivity index (χ1v) is 9.71. The zero-order valence-electron chi connectivity index (χ0n) is 13.0. The molecule has 5 nitrogen and oxygen atoms in total.